The number of ether oxygens (including phenoxy) is 2. The van der Waals surface area contributed by atoms with Crippen LogP contribution in [-0.2, 0) is 9.53 Å². The second-order valence-corrected chi connectivity index (χ2v) is 12.6. The number of nitrogens with zero attached hydrogens (tertiary/aromatic N) is 3. The van der Waals surface area contributed by atoms with E-state index in [-0.39, 0.29) is 23.4 Å². The number of esters is 1. The average molecular weight is 823 g/mol. The normalized spacial score (nSPS) is 14.7. The van der Waals surface area contributed by atoms with Gasteiger partial charge < -0.3 is 13.9 Å². The highest BCUT2D eigenvalue weighted by molar-refractivity contribution is 14.1. The Morgan fingerprint density at radius 1 is 1.23 bits per heavy atom. The second-order valence-electron chi connectivity index (χ2n) is 9.23. The number of nitro benzene ring substituents is 1. The van der Waals surface area contributed by atoms with Crippen LogP contribution < -0.4 is 19.6 Å². The lowest BCUT2D eigenvalue weighted by atomic mass is 10.0. The van der Waals surface area contributed by atoms with Crippen LogP contribution >= 0.6 is 56.5 Å². The summed E-state index contributed by atoms with van der Waals surface area (Å²) in [4.78, 5) is 43.0. The molecule has 5 rings (SSSR count). The second kappa shape index (κ2) is 13.0. The summed E-state index contributed by atoms with van der Waals surface area (Å²) in [6.07, 6.45) is 3.46. The first-order valence-electron chi connectivity index (χ1n) is 12.9. The molecule has 2 aromatic heterocycles. The number of furan rings is 1. The summed E-state index contributed by atoms with van der Waals surface area (Å²) in [5.74, 6) is 0.767. The van der Waals surface area contributed by atoms with Crippen LogP contribution in [0.1, 0.15) is 31.2 Å². The maximum atomic E-state index is 14.0. The van der Waals surface area contributed by atoms with E-state index in [0.29, 0.717) is 38.7 Å². The molecule has 0 N–H and O–H groups in total. The molecule has 1 aliphatic heterocycles. The lowest BCUT2D eigenvalue weighted by molar-refractivity contribution is -0.384. The summed E-state index contributed by atoms with van der Waals surface area (Å²) >= 11 is 5.59. The average Bonchev–Trinajstić information content (AvgIpc) is 3.57. The third-order valence-corrected chi connectivity index (χ3v) is 9.00. The molecule has 0 saturated carbocycles. The molecule has 0 unspecified atom stereocenters. The first-order chi connectivity index (χ1) is 20.6. The molecule has 0 radical (unpaired) electrons. The SMILES string of the molecule is C=CCOc1c(I)cc(/C=c2\sc3n(c2=O)[C@H](c2ccc(-c4cccc([N+](=O)[O-])c4)o2)C(C(=O)OCC)=C(C)N=3)cc1I. The van der Waals surface area contributed by atoms with E-state index >= 15 is 0 Å². The van der Waals surface area contributed by atoms with Gasteiger partial charge in [0.05, 0.1) is 34.5 Å². The number of carbonyl (C=O) groups excluding carboxylic acids is 1. The maximum Gasteiger partial charge on any atom is 0.338 e. The smallest absolute Gasteiger partial charge is 0.338 e. The molecular weight excluding hydrogens is 800 g/mol. The maximum absolute atomic E-state index is 14.0. The summed E-state index contributed by atoms with van der Waals surface area (Å²) in [6.45, 7) is 7.59. The predicted molar refractivity (Wildman–Crippen MR) is 179 cm³/mol. The molecule has 3 heterocycles. The molecule has 0 amide bonds. The van der Waals surface area contributed by atoms with Crippen LogP contribution in [-0.4, -0.2) is 28.7 Å². The molecule has 13 heteroatoms. The fraction of sp³-hybridized carbons (Fsp3) is 0.167. The van der Waals surface area contributed by atoms with Crippen LogP contribution in [0.5, 0.6) is 5.75 Å². The number of non-ortho nitro benzene ring substituents is 1. The van der Waals surface area contributed by atoms with Crippen molar-refractivity contribution >= 4 is 74.3 Å². The van der Waals surface area contributed by atoms with E-state index in [1.807, 2.05) is 12.1 Å². The summed E-state index contributed by atoms with van der Waals surface area (Å²) in [6, 6.07) is 12.2. The molecule has 1 atom stereocenters. The molecule has 2 aromatic carbocycles. The Morgan fingerprint density at radius 2 is 1.98 bits per heavy atom. The minimum Gasteiger partial charge on any atom is -0.487 e. The molecule has 220 valence electrons. The van der Waals surface area contributed by atoms with Gasteiger partial charge in [-0.3, -0.25) is 19.5 Å². The Hall–Kier alpha value is -3.57. The highest BCUT2D eigenvalue weighted by atomic mass is 127. The van der Waals surface area contributed by atoms with Crippen molar-refractivity contribution in [2.24, 2.45) is 4.99 Å². The first-order valence-corrected chi connectivity index (χ1v) is 15.9. The quantitative estimate of drug-likeness (QED) is 0.0694. The molecule has 0 spiro atoms. The minimum absolute atomic E-state index is 0.0870. The zero-order valence-corrected chi connectivity index (χ0v) is 28.0. The van der Waals surface area contributed by atoms with Gasteiger partial charge in [0.25, 0.3) is 11.2 Å². The van der Waals surface area contributed by atoms with E-state index in [0.717, 1.165) is 18.5 Å². The third-order valence-electron chi connectivity index (χ3n) is 6.42. The standard InChI is InChI=1S/C30H23I2N3O7S/c1-4-11-41-27-20(31)12-17(13-21(27)32)14-24-28(36)34-26(25(29(37)40-5-2)16(3)33-30(34)43-24)23-10-9-22(42-23)18-7-6-8-19(15-18)35(38)39/h4,6-10,12-15,26H,1,5,11H2,2-3H3/b24-14-/t26-/m1/s1. The van der Waals surface area contributed by atoms with Gasteiger partial charge in [-0.1, -0.05) is 36.1 Å². The number of thiazole rings is 1. The van der Waals surface area contributed by atoms with Crippen LogP contribution in [0.25, 0.3) is 17.4 Å². The summed E-state index contributed by atoms with van der Waals surface area (Å²) in [5, 5.41) is 11.3. The highest BCUT2D eigenvalue weighted by Gasteiger charge is 2.35. The summed E-state index contributed by atoms with van der Waals surface area (Å²) in [7, 11) is 0. The van der Waals surface area contributed by atoms with Gasteiger partial charge in [-0.2, -0.15) is 0 Å². The Kier molecular flexibility index (Phi) is 9.31. The molecule has 4 aromatic rings. The number of allylic oxidation sites excluding steroid dienone is 1. The molecule has 10 nitrogen and oxygen atoms in total. The number of benzene rings is 2. The molecule has 1 aliphatic rings. The zero-order chi connectivity index (χ0) is 30.8. The van der Waals surface area contributed by atoms with Gasteiger partial charge in [0, 0.05) is 17.7 Å². The largest absolute Gasteiger partial charge is 0.487 e. The highest BCUT2D eigenvalue weighted by Crippen LogP contribution is 2.35. The monoisotopic (exact) mass is 823 g/mol. The van der Waals surface area contributed by atoms with Gasteiger partial charge in [-0.05, 0) is 94.9 Å². The number of nitro groups is 1. The number of hydrogen-bond acceptors (Lipinski definition) is 9. The number of halogens is 2. The van der Waals surface area contributed by atoms with Crippen LogP contribution in [0.4, 0.5) is 5.69 Å². The molecule has 43 heavy (non-hydrogen) atoms. The van der Waals surface area contributed by atoms with Crippen molar-refractivity contribution in [3.05, 3.63) is 121 Å². The number of hydrogen-bond donors (Lipinski definition) is 0. The van der Waals surface area contributed by atoms with Crippen molar-refractivity contribution in [3.63, 3.8) is 0 Å². The van der Waals surface area contributed by atoms with Crippen molar-refractivity contribution in [2.45, 2.75) is 19.9 Å². The minimum atomic E-state index is -0.958. The van der Waals surface area contributed by atoms with E-state index in [9.17, 15) is 19.7 Å². The number of aromatic nitrogens is 1. The fourth-order valence-electron chi connectivity index (χ4n) is 4.58. The summed E-state index contributed by atoms with van der Waals surface area (Å²) < 4.78 is 20.9. The Morgan fingerprint density at radius 3 is 2.65 bits per heavy atom. The number of fused-ring (bicyclic) bond motifs is 1. The molecule has 0 aliphatic carbocycles. The summed E-state index contributed by atoms with van der Waals surface area (Å²) in [5.41, 5.74) is 1.42. The van der Waals surface area contributed by atoms with Gasteiger partial charge in [0.15, 0.2) is 4.80 Å². The topological polar surface area (TPSA) is 126 Å². The van der Waals surface area contributed by atoms with Crippen molar-refractivity contribution < 1.29 is 23.6 Å². The molecule has 0 fully saturated rings. The van der Waals surface area contributed by atoms with E-state index in [2.05, 4.69) is 56.8 Å². The van der Waals surface area contributed by atoms with Crippen LogP contribution in [0.2, 0.25) is 0 Å². The van der Waals surface area contributed by atoms with Crippen LogP contribution in [0.15, 0.2) is 86.7 Å². The van der Waals surface area contributed by atoms with E-state index < -0.39 is 16.9 Å². The van der Waals surface area contributed by atoms with Gasteiger partial charge in [-0.25, -0.2) is 9.79 Å². The molecule has 0 bridgehead atoms. The van der Waals surface area contributed by atoms with Crippen molar-refractivity contribution in [3.8, 4) is 17.1 Å². The van der Waals surface area contributed by atoms with Crippen molar-refractivity contribution in [1.82, 2.24) is 4.57 Å². The van der Waals surface area contributed by atoms with Gasteiger partial charge in [-0.15, -0.1) is 0 Å². The van der Waals surface area contributed by atoms with Gasteiger partial charge in [0.2, 0.25) is 0 Å². The molecular formula is C30H23I2N3O7S. The lowest BCUT2D eigenvalue weighted by Gasteiger charge is -2.22. The van der Waals surface area contributed by atoms with E-state index in [4.69, 9.17) is 13.9 Å². The third kappa shape index (κ3) is 6.24. The van der Waals surface area contributed by atoms with Crippen molar-refractivity contribution in [2.75, 3.05) is 13.2 Å². The Labute approximate surface area is 276 Å². The van der Waals surface area contributed by atoms with Crippen LogP contribution in [0.3, 0.4) is 0 Å². The zero-order valence-electron chi connectivity index (χ0n) is 22.8. The Balaban J connectivity index is 1.65. The van der Waals surface area contributed by atoms with Gasteiger partial charge in [0.1, 0.15) is 29.9 Å². The first kappa shape index (κ1) is 30.9. The Bertz CT molecular complexity index is 1970. The lowest BCUT2D eigenvalue weighted by Crippen LogP contribution is -2.39. The number of carbonyl (C=O) groups is 1. The van der Waals surface area contributed by atoms with Crippen molar-refractivity contribution in [1.29, 1.82) is 0 Å². The van der Waals surface area contributed by atoms with E-state index in [1.54, 1.807) is 50.3 Å². The van der Waals surface area contributed by atoms with Crippen LogP contribution in [0, 0.1) is 17.3 Å². The van der Waals surface area contributed by atoms with E-state index in [1.165, 1.54) is 28.0 Å². The van der Waals surface area contributed by atoms with Gasteiger partial charge >= 0.3 is 5.97 Å². The molecule has 0 saturated heterocycles. The number of rotatable bonds is 9. The predicted octanol–water partition coefficient (Wildman–Crippen LogP) is 5.74. The fourth-order valence-corrected chi connectivity index (χ4v) is 7.76.